The van der Waals surface area contributed by atoms with Crippen molar-refractivity contribution in [1.82, 2.24) is 15.5 Å². The Bertz CT molecular complexity index is 326. The van der Waals surface area contributed by atoms with E-state index in [9.17, 15) is 0 Å². The molecule has 0 saturated carbocycles. The zero-order valence-electron chi connectivity index (χ0n) is 10.3. The third-order valence-electron chi connectivity index (χ3n) is 3.04. The summed E-state index contributed by atoms with van der Waals surface area (Å²) in [6.45, 7) is 3.70. The van der Waals surface area contributed by atoms with Crippen LogP contribution >= 0.6 is 12.4 Å². The minimum absolute atomic E-state index is 0. The molecule has 0 radical (unpaired) electrons. The van der Waals surface area contributed by atoms with E-state index in [2.05, 4.69) is 22.4 Å². The Labute approximate surface area is 108 Å². The van der Waals surface area contributed by atoms with Gasteiger partial charge in [-0.1, -0.05) is 5.16 Å². The lowest BCUT2D eigenvalue weighted by Crippen LogP contribution is -2.24. The first-order chi connectivity index (χ1) is 7.79. The lowest BCUT2D eigenvalue weighted by Gasteiger charge is -2.17. The van der Waals surface area contributed by atoms with E-state index < -0.39 is 0 Å². The van der Waals surface area contributed by atoms with E-state index in [0.717, 1.165) is 44.2 Å². The molecule has 1 aliphatic heterocycles. The van der Waals surface area contributed by atoms with Gasteiger partial charge in [-0.25, -0.2) is 0 Å². The first-order valence-electron chi connectivity index (χ1n) is 5.87. The second-order valence-corrected chi connectivity index (χ2v) is 4.33. The summed E-state index contributed by atoms with van der Waals surface area (Å²) in [7, 11) is 1.93. The number of hydrogen-bond acceptors (Lipinski definition) is 5. The van der Waals surface area contributed by atoms with Crippen LogP contribution in [0.2, 0.25) is 0 Å². The van der Waals surface area contributed by atoms with E-state index >= 15 is 0 Å². The van der Waals surface area contributed by atoms with Crippen molar-refractivity contribution in [2.75, 3.05) is 20.3 Å². The first-order valence-corrected chi connectivity index (χ1v) is 5.87. The van der Waals surface area contributed by atoms with Crippen LogP contribution in [0.5, 0.6) is 0 Å². The monoisotopic (exact) mass is 261 g/mol. The van der Waals surface area contributed by atoms with Crippen LogP contribution in [0.3, 0.4) is 0 Å². The van der Waals surface area contributed by atoms with Crippen molar-refractivity contribution in [2.45, 2.75) is 38.1 Å². The highest BCUT2D eigenvalue weighted by atomic mass is 35.5. The molecule has 0 spiro atoms. The summed E-state index contributed by atoms with van der Waals surface area (Å²) in [5.41, 5.74) is 0. The van der Waals surface area contributed by atoms with Crippen LogP contribution in [0.4, 0.5) is 0 Å². The van der Waals surface area contributed by atoms with Crippen LogP contribution in [0, 0.1) is 0 Å². The van der Waals surface area contributed by atoms with E-state index in [1.165, 1.54) is 0 Å². The second kappa shape index (κ2) is 6.93. The average Bonchev–Trinajstić information content (AvgIpc) is 2.78. The molecule has 5 nitrogen and oxygen atoms in total. The highest BCUT2D eigenvalue weighted by molar-refractivity contribution is 5.85. The maximum absolute atomic E-state index is 5.31. The molecule has 1 fully saturated rings. The molecule has 0 amide bonds. The molecule has 2 rings (SSSR count). The Morgan fingerprint density at radius 2 is 2.12 bits per heavy atom. The maximum Gasteiger partial charge on any atom is 0.229 e. The Morgan fingerprint density at radius 1 is 1.41 bits per heavy atom. The highest BCUT2D eigenvalue weighted by Crippen LogP contribution is 2.25. The maximum atomic E-state index is 5.31. The van der Waals surface area contributed by atoms with Crippen molar-refractivity contribution in [3.05, 3.63) is 11.7 Å². The molecule has 17 heavy (non-hydrogen) atoms. The van der Waals surface area contributed by atoms with Gasteiger partial charge in [-0.15, -0.1) is 12.4 Å². The normalized spacial score (nSPS) is 18.7. The molecule has 0 aliphatic carbocycles. The number of aromatic nitrogens is 2. The molecule has 1 unspecified atom stereocenters. The second-order valence-electron chi connectivity index (χ2n) is 4.33. The van der Waals surface area contributed by atoms with Crippen LogP contribution < -0.4 is 5.32 Å². The molecule has 1 aromatic heterocycles. The lowest BCUT2D eigenvalue weighted by atomic mass is 10.0. The zero-order chi connectivity index (χ0) is 11.4. The van der Waals surface area contributed by atoms with E-state index in [1.807, 2.05) is 7.05 Å². The van der Waals surface area contributed by atoms with Gasteiger partial charge in [0, 0.05) is 31.6 Å². The molecule has 6 heteroatoms. The fourth-order valence-corrected chi connectivity index (χ4v) is 1.84. The number of hydrogen-bond donors (Lipinski definition) is 1. The molecule has 0 aromatic carbocycles. The van der Waals surface area contributed by atoms with E-state index in [1.54, 1.807) is 0 Å². The van der Waals surface area contributed by atoms with Gasteiger partial charge in [0.05, 0.1) is 0 Å². The van der Waals surface area contributed by atoms with Gasteiger partial charge in [-0.3, -0.25) is 0 Å². The molecule has 98 valence electrons. The predicted octanol–water partition coefficient (Wildman–Crippen LogP) is 1.54. The van der Waals surface area contributed by atoms with Gasteiger partial charge in [0.2, 0.25) is 5.89 Å². The summed E-state index contributed by atoms with van der Waals surface area (Å²) in [4.78, 5) is 4.45. The number of halogens is 1. The SMILES string of the molecule is CNC(C)Cc1noc(C2CCOCC2)n1.Cl. The lowest BCUT2D eigenvalue weighted by molar-refractivity contribution is 0.0778. The van der Waals surface area contributed by atoms with Crippen LogP contribution in [-0.2, 0) is 11.2 Å². The molecule has 1 saturated heterocycles. The summed E-state index contributed by atoms with van der Waals surface area (Å²) >= 11 is 0. The van der Waals surface area contributed by atoms with Crippen molar-refractivity contribution < 1.29 is 9.26 Å². The van der Waals surface area contributed by atoms with Crippen molar-refractivity contribution >= 4 is 12.4 Å². The van der Waals surface area contributed by atoms with Gasteiger partial charge in [0.15, 0.2) is 5.82 Å². The third-order valence-corrected chi connectivity index (χ3v) is 3.04. The van der Waals surface area contributed by atoms with E-state index in [-0.39, 0.29) is 12.4 Å². The Hall–Kier alpha value is -0.650. The summed E-state index contributed by atoms with van der Waals surface area (Å²) in [6, 6.07) is 0.375. The van der Waals surface area contributed by atoms with Gasteiger partial charge in [0.25, 0.3) is 0 Å². The molecule has 1 aromatic rings. The number of nitrogens with one attached hydrogen (secondary N) is 1. The van der Waals surface area contributed by atoms with Gasteiger partial charge >= 0.3 is 0 Å². The van der Waals surface area contributed by atoms with Gasteiger partial charge in [-0.05, 0) is 26.8 Å². The standard InChI is InChI=1S/C11H19N3O2.ClH/c1-8(12-2)7-10-13-11(16-14-10)9-3-5-15-6-4-9;/h8-9,12H,3-7H2,1-2H3;1H. The summed E-state index contributed by atoms with van der Waals surface area (Å²) in [6.07, 6.45) is 2.79. The van der Waals surface area contributed by atoms with Gasteiger partial charge in [-0.2, -0.15) is 4.98 Å². The van der Waals surface area contributed by atoms with Gasteiger partial charge in [0.1, 0.15) is 0 Å². The Kier molecular flexibility index (Phi) is 5.88. The van der Waals surface area contributed by atoms with Crippen molar-refractivity contribution in [3.63, 3.8) is 0 Å². The van der Waals surface area contributed by atoms with E-state index in [0.29, 0.717) is 12.0 Å². The number of nitrogens with zero attached hydrogens (tertiary/aromatic N) is 2. The number of likely N-dealkylation sites (N-methyl/N-ethyl adjacent to an activating group) is 1. The topological polar surface area (TPSA) is 60.2 Å². The van der Waals surface area contributed by atoms with Crippen LogP contribution in [0.15, 0.2) is 4.52 Å². The predicted molar refractivity (Wildman–Crippen MR) is 66.6 cm³/mol. The first kappa shape index (κ1) is 14.4. The number of ether oxygens (including phenoxy) is 1. The molecule has 0 bridgehead atoms. The molecule has 1 atom stereocenters. The molecular formula is C11H20ClN3O2. The minimum atomic E-state index is 0. The summed E-state index contributed by atoms with van der Waals surface area (Å²) in [5, 5.41) is 7.17. The van der Waals surface area contributed by atoms with Crippen molar-refractivity contribution in [2.24, 2.45) is 0 Å². The molecule has 2 heterocycles. The minimum Gasteiger partial charge on any atom is -0.381 e. The van der Waals surface area contributed by atoms with Gasteiger partial charge < -0.3 is 14.6 Å². The largest absolute Gasteiger partial charge is 0.381 e. The fraction of sp³-hybridized carbons (Fsp3) is 0.818. The highest BCUT2D eigenvalue weighted by Gasteiger charge is 2.22. The zero-order valence-corrected chi connectivity index (χ0v) is 11.1. The van der Waals surface area contributed by atoms with Crippen LogP contribution in [-0.4, -0.2) is 36.4 Å². The summed E-state index contributed by atoms with van der Waals surface area (Å²) in [5.74, 6) is 1.96. The van der Waals surface area contributed by atoms with E-state index in [4.69, 9.17) is 9.26 Å². The Balaban J connectivity index is 0.00000144. The molecule has 1 aliphatic rings. The quantitative estimate of drug-likeness (QED) is 0.891. The third kappa shape index (κ3) is 3.94. The smallest absolute Gasteiger partial charge is 0.229 e. The molecular weight excluding hydrogens is 242 g/mol. The number of rotatable bonds is 4. The van der Waals surface area contributed by atoms with Crippen LogP contribution in [0.25, 0.3) is 0 Å². The Morgan fingerprint density at radius 3 is 2.76 bits per heavy atom. The van der Waals surface area contributed by atoms with Crippen molar-refractivity contribution in [1.29, 1.82) is 0 Å². The fourth-order valence-electron chi connectivity index (χ4n) is 1.84. The average molecular weight is 262 g/mol. The van der Waals surface area contributed by atoms with Crippen LogP contribution in [0.1, 0.15) is 37.4 Å². The summed E-state index contributed by atoms with van der Waals surface area (Å²) < 4.78 is 10.6. The van der Waals surface area contributed by atoms with Crippen molar-refractivity contribution in [3.8, 4) is 0 Å². The molecule has 1 N–H and O–H groups in total.